The molecule has 4 aliphatic rings. The highest BCUT2D eigenvalue weighted by Gasteiger charge is 2.64. The third kappa shape index (κ3) is 2.32. The molecule has 140 valence electrons. The summed E-state index contributed by atoms with van der Waals surface area (Å²) < 4.78 is 11.7. The van der Waals surface area contributed by atoms with E-state index >= 15 is 0 Å². The molecule has 2 bridgehead atoms. The fraction of sp³-hybridized carbons (Fsp3) is 0.850. The Balaban J connectivity index is 1.77. The topological polar surface area (TPSA) is 82.6 Å². The van der Waals surface area contributed by atoms with Gasteiger partial charge >= 0.3 is 0 Å². The van der Waals surface area contributed by atoms with Crippen molar-refractivity contribution in [2.24, 2.45) is 11.3 Å². The van der Waals surface area contributed by atoms with Crippen molar-refractivity contribution in [3.05, 3.63) is 11.6 Å². The summed E-state index contributed by atoms with van der Waals surface area (Å²) in [5, 5.41) is 22.1. The quantitative estimate of drug-likeness (QED) is 0.654. The minimum Gasteiger partial charge on any atom is -0.389 e. The summed E-state index contributed by atoms with van der Waals surface area (Å²) in [6.45, 7) is 9.74. The number of aliphatic hydroxyl groups is 2. The first-order chi connectivity index (χ1) is 11.4. The molecule has 0 aromatic heterocycles. The highest BCUT2D eigenvalue weighted by atomic mass is 16.6. The van der Waals surface area contributed by atoms with E-state index in [0.717, 1.165) is 19.3 Å². The van der Waals surface area contributed by atoms with Gasteiger partial charge in [0, 0.05) is 11.0 Å². The van der Waals surface area contributed by atoms with Crippen molar-refractivity contribution in [2.75, 3.05) is 0 Å². The first kappa shape index (κ1) is 17.7. The first-order valence-corrected chi connectivity index (χ1v) is 9.47. The number of fused-ring (bicyclic) bond motifs is 4. The Kier molecular flexibility index (Phi) is 3.49. The number of ether oxygens (including phenoxy) is 2. The largest absolute Gasteiger partial charge is 0.389 e. The number of Topliss-reactive ketones (excluding diaryl/α,β-unsaturated/α-hetero) is 1. The average Bonchev–Trinajstić information content (AvgIpc) is 3.40. The fourth-order valence-corrected chi connectivity index (χ4v) is 5.10. The highest BCUT2D eigenvalue weighted by molar-refractivity contribution is 6.03. The molecular weight excluding hydrogens is 320 g/mol. The summed E-state index contributed by atoms with van der Waals surface area (Å²) >= 11 is 0. The number of aliphatic hydroxyl groups excluding tert-OH is 1. The maximum Gasteiger partial charge on any atom is 0.193 e. The van der Waals surface area contributed by atoms with Crippen LogP contribution in [-0.4, -0.2) is 51.1 Å². The van der Waals surface area contributed by atoms with Crippen LogP contribution in [0.1, 0.15) is 60.3 Å². The molecule has 0 radical (unpaired) electrons. The predicted molar refractivity (Wildman–Crippen MR) is 92.0 cm³/mol. The van der Waals surface area contributed by atoms with Crippen molar-refractivity contribution in [2.45, 2.75) is 95.4 Å². The summed E-state index contributed by atoms with van der Waals surface area (Å²) in [6, 6.07) is 0. The van der Waals surface area contributed by atoms with E-state index in [4.69, 9.17) is 9.47 Å². The molecule has 2 aliphatic heterocycles. The number of hydrogen-bond acceptors (Lipinski definition) is 5. The molecule has 0 aromatic carbocycles. The Hall–Kier alpha value is -0.750. The number of rotatable bonds is 0. The fourth-order valence-electron chi connectivity index (χ4n) is 5.10. The van der Waals surface area contributed by atoms with Crippen molar-refractivity contribution in [1.29, 1.82) is 0 Å². The molecule has 4 rings (SSSR count). The van der Waals surface area contributed by atoms with E-state index in [0.29, 0.717) is 12.0 Å². The van der Waals surface area contributed by atoms with E-state index < -0.39 is 28.8 Å². The van der Waals surface area contributed by atoms with Crippen molar-refractivity contribution in [3.8, 4) is 0 Å². The zero-order chi connectivity index (χ0) is 18.4. The summed E-state index contributed by atoms with van der Waals surface area (Å²) in [7, 11) is 0. The highest BCUT2D eigenvalue weighted by Crippen LogP contribution is 2.57. The van der Waals surface area contributed by atoms with Crippen LogP contribution in [0.5, 0.6) is 0 Å². The molecule has 2 saturated heterocycles. The van der Waals surface area contributed by atoms with Gasteiger partial charge in [-0.2, -0.15) is 0 Å². The number of hydrogen-bond donors (Lipinski definition) is 2. The second-order valence-electron chi connectivity index (χ2n) is 9.48. The van der Waals surface area contributed by atoms with Gasteiger partial charge < -0.3 is 19.7 Å². The van der Waals surface area contributed by atoms with Crippen molar-refractivity contribution >= 4 is 5.78 Å². The van der Waals surface area contributed by atoms with Gasteiger partial charge in [-0.15, -0.1) is 0 Å². The van der Waals surface area contributed by atoms with Crippen LogP contribution in [0.3, 0.4) is 0 Å². The van der Waals surface area contributed by atoms with Gasteiger partial charge in [0.1, 0.15) is 11.7 Å². The normalized spacial score (nSPS) is 58.2. The molecule has 0 amide bonds. The van der Waals surface area contributed by atoms with Gasteiger partial charge in [0.25, 0.3) is 0 Å². The van der Waals surface area contributed by atoms with Gasteiger partial charge in [0.15, 0.2) is 5.78 Å². The van der Waals surface area contributed by atoms with E-state index in [2.05, 4.69) is 6.92 Å². The van der Waals surface area contributed by atoms with Gasteiger partial charge in [0.05, 0.1) is 23.4 Å². The number of carbonyl (C=O) groups excluding carboxylic acids is 1. The predicted octanol–water partition coefficient (Wildman–Crippen LogP) is 2.14. The molecule has 2 aliphatic carbocycles. The van der Waals surface area contributed by atoms with Crippen LogP contribution in [-0.2, 0) is 14.3 Å². The molecule has 5 heteroatoms. The molecule has 8 atom stereocenters. The van der Waals surface area contributed by atoms with Crippen LogP contribution in [0.2, 0.25) is 0 Å². The van der Waals surface area contributed by atoms with E-state index in [1.807, 2.05) is 20.8 Å². The molecule has 3 fully saturated rings. The molecule has 8 unspecified atom stereocenters. The summed E-state index contributed by atoms with van der Waals surface area (Å²) in [6.07, 6.45) is 3.64. The van der Waals surface area contributed by atoms with Crippen LogP contribution in [0, 0.1) is 11.3 Å². The molecule has 1 saturated carbocycles. The molecular formula is C20H30O5. The molecule has 0 aromatic rings. The Morgan fingerprint density at radius 3 is 2.44 bits per heavy atom. The minimum absolute atomic E-state index is 0.158. The second kappa shape index (κ2) is 4.94. The number of carbonyl (C=O) groups is 1. The smallest absolute Gasteiger partial charge is 0.193 e. The zero-order valence-electron chi connectivity index (χ0n) is 15.8. The van der Waals surface area contributed by atoms with Gasteiger partial charge in [-0.3, -0.25) is 4.79 Å². The van der Waals surface area contributed by atoms with Crippen LogP contribution in [0.15, 0.2) is 11.6 Å². The Labute approximate surface area is 149 Å². The maximum absolute atomic E-state index is 13.1. The first-order valence-electron chi connectivity index (χ1n) is 9.47. The lowest BCUT2D eigenvalue weighted by Gasteiger charge is -2.52. The molecule has 2 N–H and O–H groups in total. The van der Waals surface area contributed by atoms with Gasteiger partial charge in [-0.25, -0.2) is 0 Å². The van der Waals surface area contributed by atoms with E-state index in [-0.39, 0.29) is 23.4 Å². The molecule has 5 nitrogen and oxygen atoms in total. The Bertz CT molecular complexity index is 654. The number of ketones is 1. The summed E-state index contributed by atoms with van der Waals surface area (Å²) in [5.74, 6) is -0.334. The van der Waals surface area contributed by atoms with Crippen LogP contribution >= 0.6 is 0 Å². The van der Waals surface area contributed by atoms with Crippen molar-refractivity contribution < 1.29 is 24.5 Å². The van der Waals surface area contributed by atoms with Crippen molar-refractivity contribution in [1.82, 2.24) is 0 Å². The third-order valence-corrected chi connectivity index (χ3v) is 7.96. The van der Waals surface area contributed by atoms with Gasteiger partial charge in [-0.1, -0.05) is 13.8 Å². The Morgan fingerprint density at radius 2 is 1.76 bits per heavy atom. The van der Waals surface area contributed by atoms with Crippen LogP contribution in [0.25, 0.3) is 0 Å². The Morgan fingerprint density at radius 1 is 1.08 bits per heavy atom. The number of epoxide rings is 2. The molecule has 2 heterocycles. The van der Waals surface area contributed by atoms with Gasteiger partial charge in [-0.05, 0) is 58.4 Å². The molecule has 0 spiro atoms. The molecule has 25 heavy (non-hydrogen) atoms. The van der Waals surface area contributed by atoms with E-state index in [1.54, 1.807) is 13.0 Å². The van der Waals surface area contributed by atoms with Crippen LogP contribution in [0.4, 0.5) is 0 Å². The maximum atomic E-state index is 13.1. The summed E-state index contributed by atoms with van der Waals surface area (Å²) in [5.41, 5.74) is -2.26. The van der Waals surface area contributed by atoms with Crippen LogP contribution < -0.4 is 0 Å². The second-order valence-corrected chi connectivity index (χ2v) is 9.48. The third-order valence-electron chi connectivity index (χ3n) is 7.96. The monoisotopic (exact) mass is 350 g/mol. The lowest BCUT2D eigenvalue weighted by molar-refractivity contribution is -0.132. The SMILES string of the molecule is CC1C(O)C=C2C(=O)C3OC3(C)CCC3OC3(C)CCC1(C)C2(C)O. The lowest BCUT2D eigenvalue weighted by atomic mass is 9.55. The van der Waals surface area contributed by atoms with E-state index in [1.165, 1.54) is 0 Å². The van der Waals surface area contributed by atoms with Gasteiger partial charge in [0.2, 0.25) is 0 Å². The average molecular weight is 350 g/mol. The lowest BCUT2D eigenvalue weighted by Crippen LogP contribution is -2.57. The standard InChI is InChI=1S/C20H30O5/c1-11-13(21)10-12-15(22)16-19(4,25-16)7-6-14-18(3,24-14)9-8-17(11,2)20(12,5)23/h10-11,13-14,16,21,23H,6-9H2,1-5H3. The summed E-state index contributed by atoms with van der Waals surface area (Å²) in [4.78, 5) is 13.1. The minimum atomic E-state index is -1.31. The zero-order valence-corrected chi connectivity index (χ0v) is 15.8. The van der Waals surface area contributed by atoms with E-state index in [9.17, 15) is 15.0 Å². The van der Waals surface area contributed by atoms with Crippen molar-refractivity contribution in [3.63, 3.8) is 0 Å².